The Morgan fingerprint density at radius 1 is 0.737 bits per heavy atom. The summed E-state index contributed by atoms with van der Waals surface area (Å²) in [5.41, 5.74) is 2.85. The fourth-order valence-electron chi connectivity index (χ4n) is 1.23. The molecule has 0 radical (unpaired) electrons. The Morgan fingerprint density at radius 3 is 1.11 bits per heavy atom. The number of hydrogen-bond donors (Lipinski definition) is 0. The van der Waals surface area contributed by atoms with E-state index in [1.807, 2.05) is 0 Å². The summed E-state index contributed by atoms with van der Waals surface area (Å²) in [4.78, 5) is 0. The van der Waals surface area contributed by atoms with Gasteiger partial charge in [-0.15, -0.1) is 0 Å². The van der Waals surface area contributed by atoms with Gasteiger partial charge >= 0.3 is 9.53 Å². The lowest BCUT2D eigenvalue weighted by Crippen LogP contribution is -2.24. The van der Waals surface area contributed by atoms with Crippen LogP contribution >= 0.6 is 0 Å². The van der Waals surface area contributed by atoms with Gasteiger partial charge in [-0.3, -0.25) is 0 Å². The summed E-state index contributed by atoms with van der Waals surface area (Å²) in [5.74, 6) is 1.71. The first-order valence-corrected chi connectivity index (χ1v) is 7.37. The van der Waals surface area contributed by atoms with E-state index in [4.69, 9.17) is 13.3 Å². The van der Waals surface area contributed by atoms with Crippen molar-refractivity contribution >= 4 is 9.53 Å². The van der Waals surface area contributed by atoms with Gasteiger partial charge in [-0.1, -0.05) is 44.0 Å². The van der Waals surface area contributed by atoms with Gasteiger partial charge in [0.1, 0.15) is 0 Å². The molecule has 0 amide bonds. The first-order chi connectivity index (χ1) is 8.88. The van der Waals surface area contributed by atoms with Gasteiger partial charge in [0.2, 0.25) is 0 Å². The molecule has 0 aromatic heterocycles. The standard InChI is InChI=1S/C9H16O3Si.C6H4/c1-7(2)10-13(11-8(3)4)12-9(5)6;1-2-6-4-3-5(1)6/h13H,1,3,5H2,2,4,6H3;1-4H. The van der Waals surface area contributed by atoms with Crippen LogP contribution in [0.1, 0.15) is 20.8 Å². The highest BCUT2D eigenvalue weighted by molar-refractivity contribution is 6.37. The summed E-state index contributed by atoms with van der Waals surface area (Å²) >= 11 is 0. The normalized spacial score (nSPS) is 9.89. The van der Waals surface area contributed by atoms with Crippen LogP contribution in [0, 0.1) is 0 Å². The van der Waals surface area contributed by atoms with Crippen molar-refractivity contribution in [2.75, 3.05) is 0 Å². The van der Waals surface area contributed by atoms with Gasteiger partial charge in [0.25, 0.3) is 0 Å². The maximum Gasteiger partial charge on any atom is 0.682 e. The van der Waals surface area contributed by atoms with Crippen LogP contribution in [0.2, 0.25) is 0 Å². The van der Waals surface area contributed by atoms with Crippen molar-refractivity contribution in [3.63, 3.8) is 0 Å². The minimum Gasteiger partial charge on any atom is -0.490 e. The third kappa shape index (κ3) is 5.48. The van der Waals surface area contributed by atoms with Crippen molar-refractivity contribution in [1.29, 1.82) is 0 Å². The molecule has 0 atom stereocenters. The fourth-order valence-corrected chi connectivity index (χ4v) is 2.36. The van der Waals surface area contributed by atoms with Crippen LogP contribution in [0.15, 0.2) is 61.3 Å². The first-order valence-electron chi connectivity index (χ1n) is 5.95. The van der Waals surface area contributed by atoms with Crippen LogP contribution in [0.3, 0.4) is 0 Å². The summed E-state index contributed by atoms with van der Waals surface area (Å²) in [6, 6.07) is 8.48. The maximum atomic E-state index is 5.25. The van der Waals surface area contributed by atoms with Crippen molar-refractivity contribution in [3.8, 4) is 11.1 Å². The van der Waals surface area contributed by atoms with E-state index in [1.54, 1.807) is 20.8 Å². The zero-order valence-electron chi connectivity index (χ0n) is 11.7. The molecule has 0 aliphatic heterocycles. The van der Waals surface area contributed by atoms with Crippen molar-refractivity contribution < 1.29 is 13.3 Å². The number of hydrogen-bond acceptors (Lipinski definition) is 3. The van der Waals surface area contributed by atoms with Gasteiger partial charge < -0.3 is 13.3 Å². The SMILES string of the molecule is C=C(C)O[SiH](OC(=C)C)OC(=C)C.c1cc2ccc1-2. The zero-order chi connectivity index (χ0) is 14.4. The van der Waals surface area contributed by atoms with Crippen molar-refractivity contribution in [1.82, 2.24) is 0 Å². The average Bonchev–Trinajstić information content (AvgIpc) is 2.21. The summed E-state index contributed by atoms with van der Waals surface area (Å²) in [5, 5.41) is 0. The Balaban J connectivity index is 0.000000241. The highest BCUT2D eigenvalue weighted by Crippen LogP contribution is 2.29. The number of benzene rings is 1. The Labute approximate surface area is 116 Å². The molecule has 4 heteroatoms. The first kappa shape index (κ1) is 15.1. The summed E-state index contributed by atoms with van der Waals surface area (Å²) in [6.07, 6.45) is 0. The molecule has 0 bridgehead atoms. The third-order valence-electron chi connectivity index (χ3n) is 2.11. The Morgan fingerprint density at radius 2 is 1.00 bits per heavy atom. The Hall–Kier alpha value is -1.94. The minimum absolute atomic E-state index is 0.569. The van der Waals surface area contributed by atoms with E-state index in [0.717, 1.165) is 0 Å². The van der Waals surface area contributed by atoms with E-state index >= 15 is 0 Å². The summed E-state index contributed by atoms with van der Waals surface area (Å²) < 4.78 is 15.8. The van der Waals surface area contributed by atoms with E-state index in [-0.39, 0.29) is 0 Å². The van der Waals surface area contributed by atoms with E-state index < -0.39 is 9.53 Å². The molecule has 0 unspecified atom stereocenters. The molecule has 0 aromatic carbocycles. The van der Waals surface area contributed by atoms with Gasteiger partial charge in [0.05, 0.1) is 17.3 Å². The van der Waals surface area contributed by atoms with Crippen LogP contribution < -0.4 is 0 Å². The largest absolute Gasteiger partial charge is 0.682 e. The molecular formula is C15H20O3Si. The van der Waals surface area contributed by atoms with Crippen molar-refractivity contribution in [2.45, 2.75) is 20.8 Å². The van der Waals surface area contributed by atoms with E-state index in [1.165, 1.54) is 11.1 Å². The second-order valence-electron chi connectivity index (χ2n) is 4.33. The summed E-state index contributed by atoms with van der Waals surface area (Å²) in [7, 11) is -2.21. The smallest absolute Gasteiger partial charge is 0.490 e. The summed E-state index contributed by atoms with van der Waals surface area (Å²) in [6.45, 7) is 16.0. The Bertz CT molecular complexity index is 418. The average molecular weight is 276 g/mol. The predicted molar refractivity (Wildman–Crippen MR) is 80.3 cm³/mol. The fraction of sp³-hybridized carbons (Fsp3) is 0.200. The predicted octanol–water partition coefficient (Wildman–Crippen LogP) is 4.02. The van der Waals surface area contributed by atoms with Gasteiger partial charge in [0.15, 0.2) is 0 Å². The lowest BCUT2D eigenvalue weighted by atomic mass is 9.95. The lowest BCUT2D eigenvalue weighted by molar-refractivity contribution is 0.184. The molecule has 0 N–H and O–H groups in total. The lowest BCUT2D eigenvalue weighted by Gasteiger charge is -2.18. The minimum atomic E-state index is -2.21. The van der Waals surface area contributed by atoms with Crippen LogP contribution in [0.25, 0.3) is 11.1 Å². The van der Waals surface area contributed by atoms with Gasteiger partial charge in [0, 0.05) is 0 Å². The Kier molecular flexibility index (Phi) is 5.45. The molecule has 102 valence electrons. The molecule has 0 fully saturated rings. The molecule has 0 saturated heterocycles. The van der Waals surface area contributed by atoms with E-state index in [0.29, 0.717) is 17.3 Å². The highest BCUT2D eigenvalue weighted by atomic mass is 28.3. The molecule has 2 rings (SSSR count). The topological polar surface area (TPSA) is 27.7 Å². The maximum absolute atomic E-state index is 5.25. The third-order valence-corrected chi connectivity index (χ3v) is 3.89. The van der Waals surface area contributed by atoms with Gasteiger partial charge in [-0.2, -0.15) is 0 Å². The number of allylic oxidation sites excluding steroid dienone is 3. The molecule has 19 heavy (non-hydrogen) atoms. The number of rotatable bonds is 6. The van der Waals surface area contributed by atoms with Gasteiger partial charge in [-0.25, -0.2) is 0 Å². The monoisotopic (exact) mass is 276 g/mol. The van der Waals surface area contributed by atoms with Crippen molar-refractivity contribution in [3.05, 3.63) is 61.3 Å². The second kappa shape index (κ2) is 6.85. The zero-order valence-corrected chi connectivity index (χ0v) is 12.9. The molecule has 3 nitrogen and oxygen atoms in total. The van der Waals surface area contributed by atoms with Crippen LogP contribution in [0.4, 0.5) is 0 Å². The molecule has 2 aliphatic carbocycles. The molecular weight excluding hydrogens is 256 g/mol. The second-order valence-corrected chi connectivity index (χ2v) is 5.61. The molecule has 0 saturated carbocycles. The number of fused-ring (bicyclic) bond motifs is 1. The van der Waals surface area contributed by atoms with E-state index in [2.05, 4.69) is 44.0 Å². The van der Waals surface area contributed by atoms with Crippen LogP contribution in [-0.2, 0) is 13.3 Å². The molecule has 0 aromatic rings. The van der Waals surface area contributed by atoms with Gasteiger partial charge in [-0.05, 0) is 31.9 Å². The highest BCUT2D eigenvalue weighted by Gasteiger charge is 2.20. The molecule has 2 aliphatic rings. The molecule has 0 heterocycles. The van der Waals surface area contributed by atoms with Crippen molar-refractivity contribution in [2.24, 2.45) is 0 Å². The van der Waals surface area contributed by atoms with E-state index in [9.17, 15) is 0 Å². The van der Waals surface area contributed by atoms with Crippen LogP contribution in [0.5, 0.6) is 0 Å². The van der Waals surface area contributed by atoms with Crippen LogP contribution in [-0.4, -0.2) is 9.53 Å². The molecule has 0 spiro atoms. The quantitative estimate of drug-likeness (QED) is 0.589.